The number of fused-ring (bicyclic) bond motifs is 3. The summed E-state index contributed by atoms with van der Waals surface area (Å²) in [6.07, 6.45) is 3.45. The molecule has 0 amide bonds. The molecular formula is C26H24N2O6. The van der Waals surface area contributed by atoms with Crippen LogP contribution in [-0.2, 0) is 13.1 Å². The van der Waals surface area contributed by atoms with E-state index in [1.165, 1.54) is 0 Å². The SMILES string of the molecule is COc1cc(/C=C2\Oc3c(ccc4c3CN(Cc3ccccn3)CO4)C2=O)cc(OC)c1OC. The molecule has 2 aliphatic heterocycles. The maximum atomic E-state index is 13.1. The lowest BCUT2D eigenvalue weighted by Crippen LogP contribution is -2.32. The van der Waals surface area contributed by atoms with Crippen molar-refractivity contribution in [2.24, 2.45) is 0 Å². The van der Waals surface area contributed by atoms with Crippen molar-refractivity contribution in [3.8, 4) is 28.7 Å². The summed E-state index contributed by atoms with van der Waals surface area (Å²) < 4.78 is 28.3. The molecule has 0 fully saturated rings. The van der Waals surface area contributed by atoms with E-state index < -0.39 is 0 Å². The van der Waals surface area contributed by atoms with Crippen LogP contribution in [0.1, 0.15) is 27.2 Å². The lowest BCUT2D eigenvalue weighted by Gasteiger charge is -2.29. The summed E-state index contributed by atoms with van der Waals surface area (Å²) in [6, 6.07) is 12.9. The quantitative estimate of drug-likeness (QED) is 0.510. The normalized spacial score (nSPS) is 15.9. The minimum absolute atomic E-state index is 0.187. The summed E-state index contributed by atoms with van der Waals surface area (Å²) in [4.78, 5) is 19.6. The smallest absolute Gasteiger partial charge is 0.231 e. The topological polar surface area (TPSA) is 79.4 Å². The number of Topliss-reactive ketones (excluding diaryl/α,β-unsaturated/α-hetero) is 1. The van der Waals surface area contributed by atoms with Crippen LogP contribution < -0.4 is 23.7 Å². The van der Waals surface area contributed by atoms with E-state index in [2.05, 4.69) is 9.88 Å². The highest BCUT2D eigenvalue weighted by Gasteiger charge is 2.33. The Bertz CT molecular complexity index is 1250. The van der Waals surface area contributed by atoms with Gasteiger partial charge < -0.3 is 23.7 Å². The van der Waals surface area contributed by atoms with Gasteiger partial charge in [-0.15, -0.1) is 0 Å². The number of ketones is 1. The molecule has 8 heteroatoms. The number of allylic oxidation sites excluding steroid dienone is 1. The lowest BCUT2D eigenvalue weighted by atomic mass is 10.0. The van der Waals surface area contributed by atoms with Crippen LogP contribution in [0.2, 0.25) is 0 Å². The van der Waals surface area contributed by atoms with Gasteiger partial charge in [0.2, 0.25) is 11.5 Å². The number of nitrogens with zero attached hydrogens (tertiary/aromatic N) is 2. The molecule has 0 N–H and O–H groups in total. The second-order valence-corrected chi connectivity index (χ2v) is 7.90. The van der Waals surface area contributed by atoms with Gasteiger partial charge in [0.15, 0.2) is 17.3 Å². The van der Waals surface area contributed by atoms with Gasteiger partial charge in [0, 0.05) is 19.3 Å². The van der Waals surface area contributed by atoms with Crippen molar-refractivity contribution in [3.63, 3.8) is 0 Å². The van der Waals surface area contributed by atoms with Gasteiger partial charge >= 0.3 is 0 Å². The van der Waals surface area contributed by atoms with Crippen LogP contribution in [0.25, 0.3) is 6.08 Å². The van der Waals surface area contributed by atoms with E-state index in [0.717, 1.165) is 17.0 Å². The molecule has 0 bridgehead atoms. The average molecular weight is 460 g/mol. The van der Waals surface area contributed by atoms with Crippen LogP contribution in [0, 0.1) is 0 Å². The first-order valence-corrected chi connectivity index (χ1v) is 10.8. The van der Waals surface area contributed by atoms with Gasteiger partial charge in [0.05, 0.1) is 38.2 Å². The van der Waals surface area contributed by atoms with Crippen molar-refractivity contribution in [2.45, 2.75) is 13.1 Å². The Morgan fingerprint density at radius 2 is 1.85 bits per heavy atom. The Hall–Kier alpha value is -4.04. The number of methoxy groups -OCH3 is 3. The zero-order valence-electron chi connectivity index (χ0n) is 19.2. The van der Waals surface area contributed by atoms with Crippen LogP contribution in [0.3, 0.4) is 0 Å². The predicted molar refractivity (Wildman–Crippen MR) is 124 cm³/mol. The molecule has 0 saturated carbocycles. The third-order valence-corrected chi connectivity index (χ3v) is 5.78. The number of pyridine rings is 1. The summed E-state index contributed by atoms with van der Waals surface area (Å²) in [5.41, 5.74) is 3.00. The first-order chi connectivity index (χ1) is 16.6. The fourth-order valence-electron chi connectivity index (χ4n) is 4.16. The van der Waals surface area contributed by atoms with Gasteiger partial charge in [-0.2, -0.15) is 0 Å². The third-order valence-electron chi connectivity index (χ3n) is 5.78. The zero-order valence-corrected chi connectivity index (χ0v) is 19.2. The molecule has 0 radical (unpaired) electrons. The molecule has 0 unspecified atom stereocenters. The number of carbonyl (C=O) groups is 1. The third kappa shape index (κ3) is 3.92. The number of carbonyl (C=O) groups excluding carboxylic acids is 1. The van der Waals surface area contributed by atoms with E-state index in [9.17, 15) is 4.79 Å². The number of benzene rings is 2. The van der Waals surface area contributed by atoms with Crippen molar-refractivity contribution < 1.29 is 28.5 Å². The maximum Gasteiger partial charge on any atom is 0.231 e. The van der Waals surface area contributed by atoms with E-state index in [0.29, 0.717) is 53.9 Å². The van der Waals surface area contributed by atoms with Crippen LogP contribution in [0.15, 0.2) is 54.4 Å². The van der Waals surface area contributed by atoms with E-state index in [1.807, 2.05) is 24.3 Å². The molecule has 0 spiro atoms. The molecule has 8 nitrogen and oxygen atoms in total. The van der Waals surface area contributed by atoms with Crippen molar-refractivity contribution >= 4 is 11.9 Å². The van der Waals surface area contributed by atoms with E-state index in [-0.39, 0.29) is 11.5 Å². The number of rotatable bonds is 6. The van der Waals surface area contributed by atoms with Gasteiger partial charge in [0.1, 0.15) is 18.2 Å². The molecule has 3 heterocycles. The molecule has 5 rings (SSSR count). The minimum atomic E-state index is -0.187. The second-order valence-electron chi connectivity index (χ2n) is 7.90. The van der Waals surface area contributed by atoms with Gasteiger partial charge in [-0.05, 0) is 48.0 Å². The summed E-state index contributed by atoms with van der Waals surface area (Å²) in [6.45, 7) is 1.65. The monoisotopic (exact) mass is 460 g/mol. The molecule has 0 aliphatic carbocycles. The molecule has 2 aromatic carbocycles. The molecule has 3 aromatic rings. The fraction of sp³-hybridized carbons (Fsp3) is 0.231. The summed E-state index contributed by atoms with van der Waals surface area (Å²) in [5, 5.41) is 0. The first kappa shape index (κ1) is 21.8. The van der Waals surface area contributed by atoms with Crippen molar-refractivity contribution in [1.29, 1.82) is 0 Å². The Labute approximate surface area is 197 Å². The van der Waals surface area contributed by atoms with Gasteiger partial charge in [0.25, 0.3) is 0 Å². The van der Waals surface area contributed by atoms with E-state index in [4.69, 9.17) is 23.7 Å². The first-order valence-electron chi connectivity index (χ1n) is 10.8. The fourth-order valence-corrected chi connectivity index (χ4v) is 4.16. The van der Waals surface area contributed by atoms with Crippen molar-refractivity contribution in [1.82, 2.24) is 9.88 Å². The molecule has 1 aromatic heterocycles. The summed E-state index contributed by atoms with van der Waals surface area (Å²) >= 11 is 0. The highest BCUT2D eigenvalue weighted by atomic mass is 16.5. The van der Waals surface area contributed by atoms with Gasteiger partial charge in [-0.3, -0.25) is 14.7 Å². The van der Waals surface area contributed by atoms with Crippen molar-refractivity contribution in [2.75, 3.05) is 28.1 Å². The average Bonchev–Trinajstić information content (AvgIpc) is 3.19. The Morgan fingerprint density at radius 1 is 1.06 bits per heavy atom. The Balaban J connectivity index is 1.45. The number of aromatic nitrogens is 1. The van der Waals surface area contributed by atoms with E-state index >= 15 is 0 Å². The summed E-state index contributed by atoms with van der Waals surface area (Å²) in [5.74, 6) is 2.76. The summed E-state index contributed by atoms with van der Waals surface area (Å²) in [7, 11) is 4.63. The lowest BCUT2D eigenvalue weighted by molar-refractivity contribution is 0.0861. The number of hydrogen-bond donors (Lipinski definition) is 0. The van der Waals surface area contributed by atoms with Crippen LogP contribution in [-0.4, -0.2) is 43.7 Å². The zero-order chi connectivity index (χ0) is 23.7. The van der Waals surface area contributed by atoms with Crippen LogP contribution >= 0.6 is 0 Å². The standard InChI is InChI=1S/C26H24N2O6/c1-30-22-11-16(12-23(31-2)26(22)32-3)10-21-24(29)18-7-8-20-19(25(18)34-21)14-28(15-33-20)13-17-6-4-5-9-27-17/h4-12H,13-15H2,1-3H3/b21-10-. The Kier molecular flexibility index (Phi) is 5.81. The molecule has 174 valence electrons. The molecule has 34 heavy (non-hydrogen) atoms. The van der Waals surface area contributed by atoms with Crippen molar-refractivity contribution in [3.05, 3.63) is 76.8 Å². The van der Waals surface area contributed by atoms with Crippen LogP contribution in [0.4, 0.5) is 0 Å². The highest BCUT2D eigenvalue weighted by Crippen LogP contribution is 2.43. The largest absolute Gasteiger partial charge is 0.493 e. The van der Waals surface area contributed by atoms with Gasteiger partial charge in [-0.1, -0.05) is 6.07 Å². The van der Waals surface area contributed by atoms with E-state index in [1.54, 1.807) is 51.8 Å². The molecule has 0 saturated heterocycles. The van der Waals surface area contributed by atoms with Crippen LogP contribution in [0.5, 0.6) is 28.7 Å². The maximum absolute atomic E-state index is 13.1. The Morgan fingerprint density at radius 3 is 2.53 bits per heavy atom. The second kappa shape index (κ2) is 9.07. The molecule has 2 aliphatic rings. The predicted octanol–water partition coefficient (Wildman–Crippen LogP) is 4.08. The minimum Gasteiger partial charge on any atom is -0.493 e. The number of hydrogen-bond acceptors (Lipinski definition) is 8. The highest BCUT2D eigenvalue weighted by molar-refractivity contribution is 6.15. The molecular weight excluding hydrogens is 436 g/mol. The molecule has 0 atom stereocenters. The van der Waals surface area contributed by atoms with Gasteiger partial charge in [-0.25, -0.2) is 0 Å². The number of ether oxygens (including phenoxy) is 5.